The first-order chi connectivity index (χ1) is 6.90. The molecule has 3 N–H and O–H groups in total. The van der Waals surface area contributed by atoms with E-state index in [0.717, 1.165) is 0 Å². The molecule has 0 saturated carbocycles. The summed E-state index contributed by atoms with van der Waals surface area (Å²) in [5.74, 6) is -0.112. The van der Waals surface area contributed by atoms with E-state index in [-0.39, 0.29) is 11.9 Å². The molecule has 15 heavy (non-hydrogen) atoms. The van der Waals surface area contributed by atoms with E-state index in [2.05, 4.69) is 15.4 Å². The molecule has 0 bridgehead atoms. The summed E-state index contributed by atoms with van der Waals surface area (Å²) in [7, 11) is 0. The van der Waals surface area contributed by atoms with Crippen molar-refractivity contribution in [2.24, 2.45) is 5.73 Å². The normalized spacial score (nSPS) is 13.6. The van der Waals surface area contributed by atoms with Gasteiger partial charge in [0.2, 0.25) is 5.91 Å². The largest absolute Gasteiger partial charge is 0.352 e. The Morgan fingerprint density at radius 1 is 1.67 bits per heavy atom. The molecule has 0 saturated heterocycles. The molecule has 1 amide bonds. The lowest BCUT2D eigenvalue weighted by Gasteiger charge is -2.20. The average Bonchev–Trinajstić information content (AvgIpc) is 2.64. The molecule has 6 nitrogen and oxygen atoms in total. The van der Waals surface area contributed by atoms with Crippen LogP contribution in [-0.2, 0) is 4.79 Å². The minimum Gasteiger partial charge on any atom is -0.352 e. The molecule has 1 heterocycles. The number of hydrogen-bond acceptors (Lipinski definition) is 4. The Labute approximate surface area is 88.9 Å². The van der Waals surface area contributed by atoms with Crippen LogP contribution in [0.2, 0.25) is 0 Å². The van der Waals surface area contributed by atoms with Crippen LogP contribution < -0.4 is 11.1 Å². The number of hydrogen-bond donors (Lipinski definition) is 2. The molecule has 0 radical (unpaired) electrons. The van der Waals surface area contributed by atoms with Crippen molar-refractivity contribution in [1.29, 1.82) is 0 Å². The summed E-state index contributed by atoms with van der Waals surface area (Å²) >= 11 is 0. The van der Waals surface area contributed by atoms with Gasteiger partial charge in [-0.05, 0) is 20.8 Å². The van der Waals surface area contributed by atoms with Crippen LogP contribution in [0.25, 0.3) is 0 Å². The van der Waals surface area contributed by atoms with Gasteiger partial charge in [-0.3, -0.25) is 4.79 Å². The van der Waals surface area contributed by atoms with Gasteiger partial charge in [0.25, 0.3) is 0 Å². The fourth-order valence-electron chi connectivity index (χ4n) is 1.00. The van der Waals surface area contributed by atoms with E-state index < -0.39 is 5.54 Å². The van der Waals surface area contributed by atoms with Gasteiger partial charge in [0.1, 0.15) is 18.7 Å². The van der Waals surface area contributed by atoms with Gasteiger partial charge in [-0.1, -0.05) is 0 Å². The van der Waals surface area contributed by atoms with Gasteiger partial charge < -0.3 is 11.1 Å². The molecule has 1 unspecified atom stereocenters. The third-order valence-electron chi connectivity index (χ3n) is 1.93. The third-order valence-corrected chi connectivity index (χ3v) is 1.93. The first-order valence-electron chi connectivity index (χ1n) is 4.81. The minimum absolute atomic E-state index is 0.112. The van der Waals surface area contributed by atoms with Gasteiger partial charge in [-0.25, -0.2) is 9.67 Å². The van der Waals surface area contributed by atoms with Gasteiger partial charge in [0.15, 0.2) is 0 Å². The highest BCUT2D eigenvalue weighted by Gasteiger charge is 2.18. The second-order valence-corrected chi connectivity index (χ2v) is 4.26. The SMILES string of the molecule is CC(C(=O)NCC(C)(C)N)n1cncn1. The molecular weight excluding hydrogens is 194 g/mol. The summed E-state index contributed by atoms with van der Waals surface area (Å²) in [6, 6.07) is -0.366. The second kappa shape index (κ2) is 4.39. The maximum Gasteiger partial charge on any atom is 0.244 e. The summed E-state index contributed by atoms with van der Waals surface area (Å²) < 4.78 is 1.50. The molecule has 1 aromatic rings. The zero-order chi connectivity index (χ0) is 11.5. The number of nitrogens with one attached hydrogen (secondary N) is 1. The smallest absolute Gasteiger partial charge is 0.244 e. The zero-order valence-electron chi connectivity index (χ0n) is 9.27. The molecule has 6 heteroatoms. The molecule has 0 spiro atoms. The van der Waals surface area contributed by atoms with Crippen molar-refractivity contribution >= 4 is 5.91 Å². The van der Waals surface area contributed by atoms with E-state index in [4.69, 9.17) is 5.73 Å². The molecule has 0 aromatic carbocycles. The number of carbonyl (C=O) groups is 1. The molecule has 1 aromatic heterocycles. The number of nitrogens with two attached hydrogens (primary N) is 1. The van der Waals surface area contributed by atoms with Crippen LogP contribution in [0.3, 0.4) is 0 Å². The van der Waals surface area contributed by atoms with Crippen molar-refractivity contribution in [2.45, 2.75) is 32.4 Å². The molecule has 84 valence electrons. The van der Waals surface area contributed by atoms with Gasteiger partial charge >= 0.3 is 0 Å². The summed E-state index contributed by atoms with van der Waals surface area (Å²) in [5, 5.41) is 6.65. The first kappa shape index (κ1) is 11.6. The van der Waals surface area contributed by atoms with E-state index >= 15 is 0 Å². The number of amides is 1. The maximum atomic E-state index is 11.6. The molecule has 1 atom stereocenters. The third kappa shape index (κ3) is 3.67. The number of aromatic nitrogens is 3. The zero-order valence-corrected chi connectivity index (χ0v) is 9.27. The van der Waals surface area contributed by atoms with Crippen molar-refractivity contribution in [1.82, 2.24) is 20.1 Å². The van der Waals surface area contributed by atoms with Crippen molar-refractivity contribution in [3.05, 3.63) is 12.7 Å². The van der Waals surface area contributed by atoms with Crippen molar-refractivity contribution in [2.75, 3.05) is 6.54 Å². The van der Waals surface area contributed by atoms with Crippen LogP contribution in [0.5, 0.6) is 0 Å². The predicted octanol–water partition coefficient (Wildman–Crippen LogP) is -0.307. The highest BCUT2D eigenvalue weighted by molar-refractivity contribution is 5.79. The fourth-order valence-corrected chi connectivity index (χ4v) is 1.00. The minimum atomic E-state index is -0.405. The van der Waals surface area contributed by atoms with E-state index in [0.29, 0.717) is 6.54 Å². The lowest BCUT2D eigenvalue weighted by Crippen LogP contribution is -2.46. The molecule has 0 aliphatic carbocycles. The number of carbonyl (C=O) groups excluding carboxylic acids is 1. The van der Waals surface area contributed by atoms with E-state index in [9.17, 15) is 4.79 Å². The number of nitrogens with zero attached hydrogens (tertiary/aromatic N) is 3. The van der Waals surface area contributed by atoms with E-state index in [1.807, 2.05) is 13.8 Å². The fraction of sp³-hybridized carbons (Fsp3) is 0.667. The molecule has 0 aliphatic heterocycles. The summed E-state index contributed by atoms with van der Waals surface area (Å²) in [4.78, 5) is 15.4. The molecule has 0 fully saturated rings. The monoisotopic (exact) mass is 211 g/mol. The Morgan fingerprint density at radius 3 is 2.80 bits per heavy atom. The quantitative estimate of drug-likeness (QED) is 0.715. The van der Waals surface area contributed by atoms with Crippen LogP contribution in [0.15, 0.2) is 12.7 Å². The lowest BCUT2D eigenvalue weighted by atomic mass is 10.1. The van der Waals surface area contributed by atoms with Crippen LogP contribution in [0.1, 0.15) is 26.8 Å². The standard InChI is InChI=1S/C9H17N5O/c1-7(14-6-11-5-13-14)8(15)12-4-9(2,3)10/h5-7H,4,10H2,1-3H3,(H,12,15). The lowest BCUT2D eigenvalue weighted by molar-refractivity contribution is -0.124. The topological polar surface area (TPSA) is 85.8 Å². The number of rotatable bonds is 4. The Bertz CT molecular complexity index is 314. The van der Waals surface area contributed by atoms with Crippen molar-refractivity contribution < 1.29 is 4.79 Å². The summed E-state index contributed by atoms with van der Waals surface area (Å²) in [6.45, 7) is 5.90. The van der Waals surface area contributed by atoms with Gasteiger partial charge in [-0.2, -0.15) is 5.10 Å². The Balaban J connectivity index is 2.48. The highest BCUT2D eigenvalue weighted by atomic mass is 16.2. The van der Waals surface area contributed by atoms with E-state index in [1.54, 1.807) is 6.92 Å². The second-order valence-electron chi connectivity index (χ2n) is 4.26. The Hall–Kier alpha value is -1.43. The van der Waals surface area contributed by atoms with E-state index in [1.165, 1.54) is 17.3 Å². The van der Waals surface area contributed by atoms with Crippen LogP contribution in [0.4, 0.5) is 0 Å². The first-order valence-corrected chi connectivity index (χ1v) is 4.81. The van der Waals surface area contributed by atoms with Crippen LogP contribution in [0, 0.1) is 0 Å². The van der Waals surface area contributed by atoms with Gasteiger partial charge in [-0.15, -0.1) is 0 Å². The van der Waals surface area contributed by atoms with Crippen molar-refractivity contribution in [3.63, 3.8) is 0 Å². The van der Waals surface area contributed by atoms with Gasteiger partial charge in [0.05, 0.1) is 0 Å². The Morgan fingerprint density at radius 2 is 2.33 bits per heavy atom. The predicted molar refractivity (Wildman–Crippen MR) is 56.0 cm³/mol. The maximum absolute atomic E-state index is 11.6. The summed E-state index contributed by atoms with van der Waals surface area (Å²) in [6.07, 6.45) is 2.91. The summed E-state index contributed by atoms with van der Waals surface area (Å²) in [5.41, 5.74) is 5.35. The van der Waals surface area contributed by atoms with Crippen LogP contribution in [-0.4, -0.2) is 32.8 Å². The van der Waals surface area contributed by atoms with Crippen molar-refractivity contribution in [3.8, 4) is 0 Å². The van der Waals surface area contributed by atoms with Crippen LogP contribution >= 0.6 is 0 Å². The average molecular weight is 211 g/mol. The highest BCUT2D eigenvalue weighted by Crippen LogP contribution is 2.02. The molecular formula is C9H17N5O. The molecule has 1 rings (SSSR count). The molecule has 0 aliphatic rings. The Kier molecular flexibility index (Phi) is 3.41. The van der Waals surface area contributed by atoms with Gasteiger partial charge in [0, 0.05) is 12.1 Å².